The number of aromatic amines is 1. The molecule has 5 nitrogen and oxygen atoms in total. The maximum Gasteiger partial charge on any atom is 0.254 e. The quantitative estimate of drug-likeness (QED) is 0.595. The number of aromatic nitrogens is 1. The fourth-order valence-corrected chi connectivity index (χ4v) is 5.52. The zero-order chi connectivity index (χ0) is 21.9. The molecule has 0 saturated carbocycles. The third-order valence-corrected chi connectivity index (χ3v) is 7.20. The molecule has 0 spiro atoms. The van der Waals surface area contributed by atoms with Crippen LogP contribution in [-0.2, 0) is 15.1 Å². The van der Waals surface area contributed by atoms with E-state index in [1.165, 1.54) is 0 Å². The monoisotopic (exact) mass is 479 g/mol. The van der Waals surface area contributed by atoms with Gasteiger partial charge in [0.05, 0.1) is 12.2 Å². The second kappa shape index (κ2) is 7.23. The highest BCUT2D eigenvalue weighted by Gasteiger charge is 2.56. The Bertz CT molecular complexity index is 1180. The van der Waals surface area contributed by atoms with Gasteiger partial charge in [-0.05, 0) is 42.2 Å². The fourth-order valence-electron chi connectivity index (χ4n) is 5.26. The zero-order valence-electron chi connectivity index (χ0n) is 18.0. The molecule has 0 radical (unpaired) electrons. The van der Waals surface area contributed by atoms with Crippen molar-refractivity contribution in [2.75, 3.05) is 19.6 Å². The number of benzene rings is 2. The van der Waals surface area contributed by atoms with Gasteiger partial charge in [0.15, 0.2) is 5.54 Å². The van der Waals surface area contributed by atoms with Crippen molar-refractivity contribution in [3.8, 4) is 0 Å². The summed E-state index contributed by atoms with van der Waals surface area (Å²) < 4.78 is 1.02. The lowest BCUT2D eigenvalue weighted by Gasteiger charge is -2.51. The second-order valence-corrected chi connectivity index (χ2v) is 10.1. The molecule has 1 saturated heterocycles. The Hall–Kier alpha value is -2.60. The van der Waals surface area contributed by atoms with Gasteiger partial charge in [-0.3, -0.25) is 9.59 Å². The van der Waals surface area contributed by atoms with E-state index in [4.69, 9.17) is 0 Å². The van der Waals surface area contributed by atoms with E-state index >= 15 is 0 Å². The molecule has 160 valence electrons. The van der Waals surface area contributed by atoms with E-state index in [1.807, 2.05) is 37.3 Å². The molecule has 1 aromatic heterocycles. The summed E-state index contributed by atoms with van der Waals surface area (Å²) in [5.41, 5.74) is 3.09. The number of hydrogen-bond donors (Lipinski definition) is 1. The smallest absolute Gasteiger partial charge is 0.254 e. The van der Waals surface area contributed by atoms with Crippen LogP contribution >= 0.6 is 15.9 Å². The molecule has 3 heterocycles. The van der Waals surface area contributed by atoms with Crippen molar-refractivity contribution in [3.63, 3.8) is 0 Å². The maximum atomic E-state index is 13.8. The molecule has 2 aliphatic heterocycles. The topological polar surface area (TPSA) is 56.4 Å². The predicted molar refractivity (Wildman–Crippen MR) is 125 cm³/mol. The molecular weight excluding hydrogens is 454 g/mol. The number of carbonyl (C=O) groups excluding carboxylic acids is 2. The lowest BCUT2D eigenvalue weighted by Crippen LogP contribution is -2.67. The number of H-pyrrole nitrogens is 1. The van der Waals surface area contributed by atoms with Gasteiger partial charge in [-0.1, -0.05) is 60.1 Å². The van der Waals surface area contributed by atoms with Crippen LogP contribution in [0.2, 0.25) is 0 Å². The summed E-state index contributed by atoms with van der Waals surface area (Å²) in [5, 5.41) is 1.12. The summed E-state index contributed by atoms with van der Waals surface area (Å²) >= 11 is 3.52. The summed E-state index contributed by atoms with van der Waals surface area (Å²) in [6.45, 7) is 7.28. The molecule has 2 aromatic carbocycles. The Labute approximate surface area is 190 Å². The van der Waals surface area contributed by atoms with Gasteiger partial charge in [0.25, 0.3) is 5.91 Å². The molecule has 0 bridgehead atoms. The number of hydrogen-bond acceptors (Lipinski definition) is 2. The van der Waals surface area contributed by atoms with Gasteiger partial charge in [-0.15, -0.1) is 0 Å². The summed E-state index contributed by atoms with van der Waals surface area (Å²) in [5.74, 6) is 0.311. The van der Waals surface area contributed by atoms with Crippen LogP contribution in [0.3, 0.4) is 0 Å². The fraction of sp³-hybridized carbons (Fsp3) is 0.360. The Morgan fingerprint density at radius 3 is 2.55 bits per heavy atom. The van der Waals surface area contributed by atoms with Crippen molar-refractivity contribution in [1.29, 1.82) is 0 Å². The van der Waals surface area contributed by atoms with Crippen molar-refractivity contribution >= 4 is 38.6 Å². The van der Waals surface area contributed by atoms with Crippen LogP contribution in [0, 0.1) is 5.92 Å². The predicted octanol–water partition coefficient (Wildman–Crippen LogP) is 4.62. The van der Waals surface area contributed by atoms with Crippen molar-refractivity contribution < 1.29 is 9.59 Å². The van der Waals surface area contributed by atoms with Gasteiger partial charge in [0.1, 0.15) is 0 Å². The Balaban J connectivity index is 1.73. The van der Waals surface area contributed by atoms with Gasteiger partial charge < -0.3 is 14.8 Å². The highest BCUT2D eigenvalue weighted by Crippen LogP contribution is 2.48. The van der Waals surface area contributed by atoms with E-state index in [0.29, 0.717) is 19.0 Å². The third kappa shape index (κ3) is 3.03. The van der Waals surface area contributed by atoms with Crippen LogP contribution in [0.15, 0.2) is 53.0 Å². The number of nitrogens with zero attached hydrogens (tertiary/aromatic N) is 2. The van der Waals surface area contributed by atoms with Crippen LogP contribution in [0.4, 0.5) is 0 Å². The first-order valence-electron chi connectivity index (χ1n) is 10.8. The first-order chi connectivity index (χ1) is 14.8. The molecule has 1 fully saturated rings. The number of nitrogens with one attached hydrogen (secondary N) is 1. The first-order valence-corrected chi connectivity index (χ1v) is 11.6. The highest BCUT2D eigenvalue weighted by atomic mass is 79.9. The Morgan fingerprint density at radius 2 is 1.84 bits per heavy atom. The minimum atomic E-state index is -1.02. The van der Waals surface area contributed by atoms with Crippen molar-refractivity contribution in [2.24, 2.45) is 5.92 Å². The van der Waals surface area contributed by atoms with Crippen LogP contribution < -0.4 is 0 Å². The SMILES string of the molecule is CC(C)CN1CC(=O)N2CC(c3ccc(Br)cc3)c3c([nH]c4ccccc34)[C@@]2(C)C1=O. The minimum Gasteiger partial charge on any atom is -0.356 e. The molecule has 2 atom stereocenters. The standard InChI is InChI=1S/C25H26BrN3O2/c1-15(2)12-28-14-21(30)29-13-19(16-8-10-17(26)11-9-16)22-18-6-4-5-7-20(18)27-23(22)25(29,3)24(28)31/h4-11,15,19,27H,12-14H2,1-3H3/t19?,25-/m0/s1. The summed E-state index contributed by atoms with van der Waals surface area (Å²) in [6, 6.07) is 16.4. The summed E-state index contributed by atoms with van der Waals surface area (Å²) in [4.78, 5) is 34.2. The molecule has 6 heteroatoms. The van der Waals surface area contributed by atoms with Gasteiger partial charge >= 0.3 is 0 Å². The van der Waals surface area contributed by atoms with E-state index in [-0.39, 0.29) is 24.3 Å². The Morgan fingerprint density at radius 1 is 1.13 bits per heavy atom. The van der Waals surface area contributed by atoms with Crippen LogP contribution in [0.1, 0.15) is 43.5 Å². The lowest BCUT2D eigenvalue weighted by molar-refractivity contribution is -0.166. The number of carbonyl (C=O) groups is 2. The van der Waals surface area contributed by atoms with E-state index in [9.17, 15) is 9.59 Å². The number of rotatable bonds is 3. The second-order valence-electron chi connectivity index (χ2n) is 9.22. The summed E-state index contributed by atoms with van der Waals surface area (Å²) in [6.07, 6.45) is 0. The number of amides is 2. The average Bonchev–Trinajstić information content (AvgIpc) is 3.13. The molecule has 2 amide bonds. The minimum absolute atomic E-state index is 0.000670. The molecule has 0 aliphatic carbocycles. The summed E-state index contributed by atoms with van der Waals surface area (Å²) in [7, 11) is 0. The van der Waals surface area contributed by atoms with E-state index in [0.717, 1.165) is 32.2 Å². The molecule has 2 aliphatic rings. The first kappa shape index (κ1) is 20.3. The lowest BCUT2D eigenvalue weighted by atomic mass is 9.76. The number of para-hydroxylation sites is 1. The van der Waals surface area contributed by atoms with Crippen molar-refractivity contribution in [1.82, 2.24) is 14.8 Å². The molecule has 5 rings (SSSR count). The van der Waals surface area contributed by atoms with E-state index < -0.39 is 5.54 Å². The van der Waals surface area contributed by atoms with Crippen molar-refractivity contribution in [2.45, 2.75) is 32.2 Å². The van der Waals surface area contributed by atoms with Gasteiger partial charge in [-0.25, -0.2) is 0 Å². The molecule has 1 N–H and O–H groups in total. The number of piperazine rings is 1. The Kier molecular flexibility index (Phi) is 4.74. The van der Waals surface area contributed by atoms with Crippen LogP contribution in [0.5, 0.6) is 0 Å². The van der Waals surface area contributed by atoms with Gasteiger partial charge in [0, 0.05) is 34.4 Å². The highest BCUT2D eigenvalue weighted by molar-refractivity contribution is 9.10. The number of fused-ring (bicyclic) bond motifs is 5. The third-order valence-electron chi connectivity index (χ3n) is 6.68. The molecule has 3 aromatic rings. The van der Waals surface area contributed by atoms with Crippen LogP contribution in [-0.4, -0.2) is 46.2 Å². The van der Waals surface area contributed by atoms with Crippen LogP contribution in [0.25, 0.3) is 10.9 Å². The number of halogens is 1. The normalized spacial score (nSPS) is 23.5. The zero-order valence-corrected chi connectivity index (χ0v) is 19.6. The van der Waals surface area contributed by atoms with E-state index in [1.54, 1.807) is 9.80 Å². The average molecular weight is 480 g/mol. The molecular formula is C25H26BrN3O2. The maximum absolute atomic E-state index is 13.8. The van der Waals surface area contributed by atoms with Gasteiger partial charge in [-0.2, -0.15) is 0 Å². The largest absolute Gasteiger partial charge is 0.356 e. The van der Waals surface area contributed by atoms with Gasteiger partial charge in [0.2, 0.25) is 5.91 Å². The van der Waals surface area contributed by atoms with Crippen molar-refractivity contribution in [3.05, 3.63) is 69.8 Å². The van der Waals surface area contributed by atoms with E-state index in [2.05, 4.69) is 53.0 Å². The molecule has 1 unspecified atom stereocenters. The molecule has 31 heavy (non-hydrogen) atoms.